The smallest absolute Gasteiger partial charge is 0.223 e. The van der Waals surface area contributed by atoms with Gasteiger partial charge in [-0.3, -0.25) is 9.69 Å². The van der Waals surface area contributed by atoms with Crippen LogP contribution < -0.4 is 5.32 Å². The Morgan fingerprint density at radius 2 is 1.78 bits per heavy atom. The second-order valence-electron chi connectivity index (χ2n) is 6.66. The molecule has 1 aromatic heterocycles. The van der Waals surface area contributed by atoms with Gasteiger partial charge in [-0.05, 0) is 25.0 Å². The lowest BCUT2D eigenvalue weighted by atomic mass is 9.99. The van der Waals surface area contributed by atoms with E-state index in [1.165, 1.54) is 25.7 Å². The van der Waals surface area contributed by atoms with Gasteiger partial charge in [0.25, 0.3) is 0 Å². The van der Waals surface area contributed by atoms with E-state index in [9.17, 15) is 4.79 Å². The molecule has 0 atom stereocenters. The summed E-state index contributed by atoms with van der Waals surface area (Å²) in [5, 5.41) is 3.05. The minimum absolute atomic E-state index is 0.193. The molecule has 5 heteroatoms. The molecule has 128 valence electrons. The molecule has 3 rings (SSSR count). The summed E-state index contributed by atoms with van der Waals surface area (Å²) in [7, 11) is 0. The van der Waals surface area contributed by atoms with E-state index < -0.39 is 0 Å². The van der Waals surface area contributed by atoms with Crippen LogP contribution in [0.2, 0.25) is 0 Å². The number of furan rings is 1. The zero-order valence-corrected chi connectivity index (χ0v) is 13.9. The number of rotatable bonds is 5. The van der Waals surface area contributed by atoms with Crippen molar-refractivity contribution in [2.45, 2.75) is 51.6 Å². The van der Waals surface area contributed by atoms with Crippen molar-refractivity contribution in [3.8, 4) is 0 Å². The summed E-state index contributed by atoms with van der Waals surface area (Å²) in [5.74, 6) is 2.19. The Morgan fingerprint density at radius 3 is 2.52 bits per heavy atom. The quantitative estimate of drug-likeness (QED) is 0.848. The van der Waals surface area contributed by atoms with E-state index in [2.05, 4.69) is 10.2 Å². The maximum Gasteiger partial charge on any atom is 0.223 e. The molecule has 23 heavy (non-hydrogen) atoms. The first-order valence-corrected chi connectivity index (χ1v) is 8.96. The Hall–Kier alpha value is -1.33. The van der Waals surface area contributed by atoms with Crippen LogP contribution in [0.15, 0.2) is 16.5 Å². The number of carbonyl (C=O) groups is 1. The topological polar surface area (TPSA) is 54.7 Å². The Kier molecular flexibility index (Phi) is 6.11. The molecule has 1 N–H and O–H groups in total. The van der Waals surface area contributed by atoms with Crippen molar-refractivity contribution >= 4 is 5.91 Å². The van der Waals surface area contributed by atoms with Crippen LogP contribution in [-0.2, 0) is 22.6 Å². The molecule has 1 aromatic rings. The average molecular weight is 320 g/mol. The monoisotopic (exact) mass is 320 g/mol. The molecule has 1 aliphatic carbocycles. The molecule has 2 fully saturated rings. The molecular weight excluding hydrogens is 292 g/mol. The second kappa shape index (κ2) is 8.50. The van der Waals surface area contributed by atoms with Crippen LogP contribution in [0, 0.1) is 5.92 Å². The first-order chi connectivity index (χ1) is 11.3. The van der Waals surface area contributed by atoms with Crippen LogP contribution in [0.1, 0.15) is 50.0 Å². The molecule has 0 radical (unpaired) electrons. The van der Waals surface area contributed by atoms with Crippen LogP contribution in [0.25, 0.3) is 0 Å². The van der Waals surface area contributed by atoms with Crippen LogP contribution in [0.5, 0.6) is 0 Å². The molecule has 1 saturated heterocycles. The third kappa shape index (κ3) is 5.08. The zero-order valence-electron chi connectivity index (χ0n) is 13.9. The third-order valence-corrected chi connectivity index (χ3v) is 4.86. The second-order valence-corrected chi connectivity index (χ2v) is 6.66. The van der Waals surface area contributed by atoms with Gasteiger partial charge in [0, 0.05) is 19.0 Å². The summed E-state index contributed by atoms with van der Waals surface area (Å²) in [4.78, 5) is 14.6. The van der Waals surface area contributed by atoms with Gasteiger partial charge in [0.1, 0.15) is 11.5 Å². The standard InChI is InChI=1S/C18H28N2O3/c21-18(15-5-3-1-2-4-6-15)19-13-16-7-8-17(23-16)14-20-9-11-22-12-10-20/h7-8,15H,1-6,9-14H2,(H,19,21). The van der Waals surface area contributed by atoms with Gasteiger partial charge in [0.15, 0.2) is 0 Å². The summed E-state index contributed by atoms with van der Waals surface area (Å²) in [6.45, 7) is 4.82. The highest BCUT2D eigenvalue weighted by Gasteiger charge is 2.20. The molecule has 0 unspecified atom stereocenters. The SMILES string of the molecule is O=C(NCc1ccc(CN2CCOCC2)o1)C1CCCCCC1. The number of nitrogens with one attached hydrogen (secondary N) is 1. The lowest BCUT2D eigenvalue weighted by Crippen LogP contribution is -2.35. The fraction of sp³-hybridized carbons (Fsp3) is 0.722. The summed E-state index contributed by atoms with van der Waals surface area (Å²) in [6.07, 6.45) is 6.98. The minimum atomic E-state index is 0.193. The Morgan fingerprint density at radius 1 is 1.09 bits per heavy atom. The largest absolute Gasteiger partial charge is 0.463 e. The molecule has 0 spiro atoms. The van der Waals surface area contributed by atoms with Crippen molar-refractivity contribution in [2.75, 3.05) is 26.3 Å². The van der Waals surface area contributed by atoms with Gasteiger partial charge < -0.3 is 14.5 Å². The first kappa shape index (κ1) is 16.5. The van der Waals surface area contributed by atoms with Gasteiger partial charge in [-0.25, -0.2) is 0 Å². The normalized spacial score (nSPS) is 21.0. The third-order valence-electron chi connectivity index (χ3n) is 4.86. The van der Waals surface area contributed by atoms with E-state index in [1.54, 1.807) is 0 Å². The van der Waals surface area contributed by atoms with Gasteiger partial charge >= 0.3 is 0 Å². The number of morpholine rings is 1. The molecule has 2 heterocycles. The van der Waals surface area contributed by atoms with E-state index in [0.29, 0.717) is 6.54 Å². The molecule has 1 aliphatic heterocycles. The van der Waals surface area contributed by atoms with Gasteiger partial charge in [-0.2, -0.15) is 0 Å². The van der Waals surface area contributed by atoms with Crippen LogP contribution in [0.4, 0.5) is 0 Å². The van der Waals surface area contributed by atoms with Crippen molar-refractivity contribution in [1.82, 2.24) is 10.2 Å². The lowest BCUT2D eigenvalue weighted by Gasteiger charge is -2.25. The average Bonchev–Trinajstić information content (AvgIpc) is 2.84. The van der Waals surface area contributed by atoms with E-state index in [0.717, 1.165) is 57.2 Å². The fourth-order valence-electron chi connectivity index (χ4n) is 3.44. The summed E-state index contributed by atoms with van der Waals surface area (Å²) >= 11 is 0. The van der Waals surface area contributed by atoms with Crippen molar-refractivity contribution in [2.24, 2.45) is 5.92 Å². The Labute approximate surface area is 138 Å². The van der Waals surface area contributed by atoms with E-state index in [1.807, 2.05) is 12.1 Å². The summed E-state index contributed by atoms with van der Waals surface area (Å²) in [6, 6.07) is 3.99. The maximum absolute atomic E-state index is 12.3. The molecule has 0 bridgehead atoms. The predicted molar refractivity (Wildman–Crippen MR) is 87.8 cm³/mol. The van der Waals surface area contributed by atoms with E-state index in [-0.39, 0.29) is 11.8 Å². The van der Waals surface area contributed by atoms with Gasteiger partial charge in [0.2, 0.25) is 5.91 Å². The number of amides is 1. The molecular formula is C18H28N2O3. The first-order valence-electron chi connectivity index (χ1n) is 8.96. The molecule has 1 saturated carbocycles. The molecule has 0 aromatic carbocycles. The predicted octanol–water partition coefficient (Wildman–Crippen LogP) is 2.70. The molecule has 2 aliphatic rings. The Bertz CT molecular complexity index is 486. The van der Waals surface area contributed by atoms with Gasteiger partial charge in [-0.15, -0.1) is 0 Å². The lowest BCUT2D eigenvalue weighted by molar-refractivity contribution is -0.125. The van der Waals surface area contributed by atoms with Crippen molar-refractivity contribution in [3.05, 3.63) is 23.7 Å². The van der Waals surface area contributed by atoms with Crippen molar-refractivity contribution in [1.29, 1.82) is 0 Å². The van der Waals surface area contributed by atoms with Gasteiger partial charge in [-0.1, -0.05) is 25.7 Å². The van der Waals surface area contributed by atoms with E-state index >= 15 is 0 Å². The van der Waals surface area contributed by atoms with Crippen LogP contribution in [-0.4, -0.2) is 37.1 Å². The minimum Gasteiger partial charge on any atom is -0.463 e. The fourth-order valence-corrected chi connectivity index (χ4v) is 3.44. The van der Waals surface area contributed by atoms with Crippen molar-refractivity contribution in [3.63, 3.8) is 0 Å². The van der Waals surface area contributed by atoms with Crippen LogP contribution >= 0.6 is 0 Å². The Balaban J connectivity index is 1.43. The highest BCUT2D eigenvalue weighted by atomic mass is 16.5. The van der Waals surface area contributed by atoms with E-state index in [4.69, 9.17) is 9.15 Å². The van der Waals surface area contributed by atoms with Crippen LogP contribution in [0.3, 0.4) is 0 Å². The number of ether oxygens (including phenoxy) is 1. The highest BCUT2D eigenvalue weighted by Crippen LogP contribution is 2.23. The van der Waals surface area contributed by atoms with Gasteiger partial charge in [0.05, 0.1) is 26.3 Å². The zero-order chi connectivity index (χ0) is 15.9. The molecule has 5 nitrogen and oxygen atoms in total. The maximum atomic E-state index is 12.3. The number of nitrogens with zero attached hydrogens (tertiary/aromatic N) is 1. The summed E-state index contributed by atoms with van der Waals surface area (Å²) in [5.41, 5.74) is 0. The molecule has 1 amide bonds. The highest BCUT2D eigenvalue weighted by molar-refractivity contribution is 5.78. The summed E-state index contributed by atoms with van der Waals surface area (Å²) < 4.78 is 11.2. The number of hydrogen-bond donors (Lipinski definition) is 1. The van der Waals surface area contributed by atoms with Crippen molar-refractivity contribution < 1.29 is 13.9 Å². The number of carbonyl (C=O) groups excluding carboxylic acids is 1. The number of hydrogen-bond acceptors (Lipinski definition) is 4.